The van der Waals surface area contributed by atoms with E-state index in [0.29, 0.717) is 11.3 Å². The molecule has 0 radical (unpaired) electrons. The zero-order valence-corrected chi connectivity index (χ0v) is 10.2. The molecular formula is C10H16N2O2S. The van der Waals surface area contributed by atoms with Crippen LogP contribution >= 0.6 is 0 Å². The van der Waals surface area contributed by atoms with E-state index in [1.54, 1.807) is 13.0 Å². The normalized spacial score (nSPS) is 12.1. The number of hydrogen-bond acceptors (Lipinski definition) is 3. The molecule has 0 atom stereocenters. The Balaban J connectivity index is 3.58. The van der Waals surface area contributed by atoms with Crippen molar-refractivity contribution in [2.45, 2.75) is 18.7 Å². The molecule has 0 aliphatic rings. The van der Waals surface area contributed by atoms with Gasteiger partial charge in [-0.3, -0.25) is 0 Å². The van der Waals surface area contributed by atoms with Gasteiger partial charge in [-0.05, 0) is 31.0 Å². The van der Waals surface area contributed by atoms with Crippen LogP contribution in [-0.2, 0) is 10.0 Å². The van der Waals surface area contributed by atoms with Crippen LogP contribution in [0.1, 0.15) is 11.1 Å². The third kappa shape index (κ3) is 1.98. The highest BCUT2D eigenvalue weighted by Crippen LogP contribution is 2.26. The zero-order valence-electron chi connectivity index (χ0n) is 9.40. The van der Waals surface area contributed by atoms with E-state index in [0.717, 1.165) is 5.56 Å². The highest BCUT2D eigenvalue weighted by atomic mass is 32.2. The summed E-state index contributed by atoms with van der Waals surface area (Å²) in [7, 11) is -0.459. The lowest BCUT2D eigenvalue weighted by Gasteiger charge is -2.16. The fourth-order valence-corrected chi connectivity index (χ4v) is 2.61. The first-order valence-corrected chi connectivity index (χ1v) is 6.00. The summed E-state index contributed by atoms with van der Waals surface area (Å²) < 4.78 is 25.1. The van der Waals surface area contributed by atoms with E-state index in [4.69, 9.17) is 5.73 Å². The predicted octanol–water partition coefficient (Wildman–Crippen LogP) is 1.14. The summed E-state index contributed by atoms with van der Waals surface area (Å²) in [6.07, 6.45) is 0. The molecule has 2 N–H and O–H groups in total. The molecule has 0 aliphatic heterocycles. The van der Waals surface area contributed by atoms with Crippen LogP contribution in [0.15, 0.2) is 17.0 Å². The minimum Gasteiger partial charge on any atom is -0.398 e. The number of nitrogen functional groups attached to an aromatic ring is 1. The number of aryl methyl sites for hydroxylation is 1. The Morgan fingerprint density at radius 3 is 2.20 bits per heavy atom. The Kier molecular flexibility index (Phi) is 3.06. The summed E-state index contributed by atoms with van der Waals surface area (Å²) in [5.74, 6) is 0. The Labute approximate surface area is 90.8 Å². The molecule has 0 saturated heterocycles. The number of rotatable bonds is 2. The first-order valence-electron chi connectivity index (χ1n) is 4.56. The van der Waals surface area contributed by atoms with Crippen LogP contribution in [0.5, 0.6) is 0 Å². The van der Waals surface area contributed by atoms with Crippen LogP contribution in [0.4, 0.5) is 5.69 Å². The van der Waals surface area contributed by atoms with Gasteiger partial charge in [-0.15, -0.1) is 0 Å². The molecular weight excluding hydrogens is 212 g/mol. The minimum atomic E-state index is -3.45. The molecule has 0 bridgehead atoms. The van der Waals surface area contributed by atoms with Crippen molar-refractivity contribution < 1.29 is 8.42 Å². The summed E-state index contributed by atoms with van der Waals surface area (Å²) in [5, 5.41) is 0. The van der Waals surface area contributed by atoms with E-state index >= 15 is 0 Å². The number of nitrogens with two attached hydrogens (primary N) is 1. The highest BCUT2D eigenvalue weighted by Gasteiger charge is 2.23. The summed E-state index contributed by atoms with van der Waals surface area (Å²) >= 11 is 0. The Bertz CT molecular complexity index is 478. The summed E-state index contributed by atoms with van der Waals surface area (Å²) in [4.78, 5) is 0.215. The minimum absolute atomic E-state index is 0.215. The van der Waals surface area contributed by atoms with E-state index in [1.807, 2.05) is 13.0 Å². The molecule has 1 aromatic rings. The molecule has 5 heteroatoms. The first kappa shape index (κ1) is 12.0. The van der Waals surface area contributed by atoms with Gasteiger partial charge in [-0.25, -0.2) is 12.7 Å². The molecule has 0 spiro atoms. The van der Waals surface area contributed by atoms with Crippen molar-refractivity contribution in [3.63, 3.8) is 0 Å². The predicted molar refractivity (Wildman–Crippen MR) is 61.2 cm³/mol. The average molecular weight is 228 g/mol. The van der Waals surface area contributed by atoms with Crippen molar-refractivity contribution in [3.05, 3.63) is 23.3 Å². The molecule has 0 aliphatic carbocycles. The lowest BCUT2D eigenvalue weighted by Crippen LogP contribution is -2.24. The number of benzene rings is 1. The van der Waals surface area contributed by atoms with Gasteiger partial charge in [0, 0.05) is 14.1 Å². The molecule has 0 saturated carbocycles. The average Bonchev–Trinajstić information content (AvgIpc) is 2.11. The van der Waals surface area contributed by atoms with Gasteiger partial charge in [0.1, 0.15) is 4.90 Å². The van der Waals surface area contributed by atoms with Crippen molar-refractivity contribution >= 4 is 15.7 Å². The van der Waals surface area contributed by atoms with Gasteiger partial charge in [0.15, 0.2) is 0 Å². The van der Waals surface area contributed by atoms with E-state index < -0.39 is 10.0 Å². The van der Waals surface area contributed by atoms with Crippen molar-refractivity contribution in [2.24, 2.45) is 0 Å². The molecule has 84 valence electrons. The van der Waals surface area contributed by atoms with Crippen molar-refractivity contribution in [1.82, 2.24) is 4.31 Å². The van der Waals surface area contributed by atoms with E-state index in [-0.39, 0.29) is 4.90 Å². The highest BCUT2D eigenvalue weighted by molar-refractivity contribution is 7.89. The lowest BCUT2D eigenvalue weighted by molar-refractivity contribution is 0.520. The molecule has 0 amide bonds. The van der Waals surface area contributed by atoms with Gasteiger partial charge in [0.05, 0.1) is 5.69 Å². The van der Waals surface area contributed by atoms with Gasteiger partial charge < -0.3 is 5.73 Å². The van der Waals surface area contributed by atoms with Gasteiger partial charge in [-0.2, -0.15) is 0 Å². The maximum absolute atomic E-state index is 12.0. The second-order valence-electron chi connectivity index (χ2n) is 3.71. The van der Waals surface area contributed by atoms with Gasteiger partial charge >= 0.3 is 0 Å². The largest absolute Gasteiger partial charge is 0.398 e. The zero-order chi connectivity index (χ0) is 11.8. The van der Waals surface area contributed by atoms with Gasteiger partial charge in [0.2, 0.25) is 10.0 Å². The van der Waals surface area contributed by atoms with Crippen LogP contribution in [-0.4, -0.2) is 26.8 Å². The van der Waals surface area contributed by atoms with Crippen LogP contribution in [0, 0.1) is 13.8 Å². The van der Waals surface area contributed by atoms with Gasteiger partial charge in [-0.1, -0.05) is 6.07 Å². The first-order chi connectivity index (χ1) is 6.78. The summed E-state index contributed by atoms with van der Waals surface area (Å²) in [5.41, 5.74) is 7.64. The molecule has 1 rings (SSSR count). The molecule has 1 aromatic carbocycles. The number of nitrogens with zero attached hydrogens (tertiary/aromatic N) is 1. The lowest BCUT2D eigenvalue weighted by atomic mass is 10.1. The molecule has 0 unspecified atom stereocenters. The van der Waals surface area contributed by atoms with Crippen molar-refractivity contribution in [3.8, 4) is 0 Å². The maximum Gasteiger partial charge on any atom is 0.244 e. The van der Waals surface area contributed by atoms with Crippen molar-refractivity contribution in [2.75, 3.05) is 19.8 Å². The number of sulfonamides is 1. The number of anilines is 1. The van der Waals surface area contributed by atoms with Crippen molar-refractivity contribution in [1.29, 1.82) is 0 Å². The molecule has 4 nitrogen and oxygen atoms in total. The maximum atomic E-state index is 12.0. The fraction of sp³-hybridized carbons (Fsp3) is 0.400. The standard InChI is InChI=1S/C10H16N2O2S/c1-7-5-6-9(11)10(8(7)2)15(13,14)12(3)4/h5-6H,11H2,1-4H3. The number of hydrogen-bond donors (Lipinski definition) is 1. The Morgan fingerprint density at radius 1 is 1.20 bits per heavy atom. The topological polar surface area (TPSA) is 63.4 Å². The summed E-state index contributed by atoms with van der Waals surface area (Å²) in [6.45, 7) is 3.63. The van der Waals surface area contributed by atoms with Crippen LogP contribution < -0.4 is 5.73 Å². The third-order valence-corrected chi connectivity index (χ3v) is 4.47. The van der Waals surface area contributed by atoms with Crippen LogP contribution in [0.25, 0.3) is 0 Å². The van der Waals surface area contributed by atoms with E-state index in [1.165, 1.54) is 18.4 Å². The Hall–Kier alpha value is -1.07. The third-order valence-electron chi connectivity index (χ3n) is 2.45. The monoisotopic (exact) mass is 228 g/mol. The van der Waals surface area contributed by atoms with E-state index in [9.17, 15) is 8.42 Å². The molecule has 0 heterocycles. The van der Waals surface area contributed by atoms with Crippen LogP contribution in [0.3, 0.4) is 0 Å². The smallest absolute Gasteiger partial charge is 0.244 e. The second-order valence-corrected chi connectivity index (χ2v) is 5.80. The van der Waals surface area contributed by atoms with Gasteiger partial charge in [0.25, 0.3) is 0 Å². The SMILES string of the molecule is Cc1ccc(N)c(S(=O)(=O)N(C)C)c1C. The Morgan fingerprint density at radius 2 is 1.73 bits per heavy atom. The second kappa shape index (κ2) is 3.83. The fourth-order valence-electron chi connectivity index (χ4n) is 1.34. The van der Waals surface area contributed by atoms with Crippen LogP contribution in [0.2, 0.25) is 0 Å². The quantitative estimate of drug-likeness (QED) is 0.772. The summed E-state index contributed by atoms with van der Waals surface area (Å²) in [6, 6.07) is 3.44. The molecule has 15 heavy (non-hydrogen) atoms. The molecule has 0 fully saturated rings. The molecule has 0 aromatic heterocycles. The van der Waals surface area contributed by atoms with E-state index in [2.05, 4.69) is 0 Å².